The van der Waals surface area contributed by atoms with Gasteiger partial charge in [0.1, 0.15) is 18.2 Å². The van der Waals surface area contributed by atoms with Crippen LogP contribution < -0.4 is 0 Å². The molecule has 4 aliphatic rings. The quantitative estimate of drug-likeness (QED) is 0.356. The summed E-state index contributed by atoms with van der Waals surface area (Å²) in [4.78, 5) is 29.6. The molecule has 230 valence electrons. The molecule has 0 radical (unpaired) electrons. The van der Waals surface area contributed by atoms with E-state index in [1.165, 1.54) is 38.2 Å². The van der Waals surface area contributed by atoms with E-state index in [0.29, 0.717) is 18.1 Å². The first kappa shape index (κ1) is 31.7. The largest absolute Gasteiger partial charge is 0.447 e. The van der Waals surface area contributed by atoms with Gasteiger partial charge in [0.05, 0.1) is 5.54 Å². The first-order chi connectivity index (χ1) is 19.3. The van der Waals surface area contributed by atoms with Crippen LogP contribution in [0, 0.1) is 23.0 Å². The van der Waals surface area contributed by atoms with Crippen LogP contribution in [0.3, 0.4) is 0 Å². The maximum atomic E-state index is 13.8. The van der Waals surface area contributed by atoms with Crippen molar-refractivity contribution in [1.29, 1.82) is 0 Å². The Morgan fingerprint density at radius 2 is 1.68 bits per heavy atom. The molecule has 1 atom stereocenters. The predicted octanol–water partition coefficient (Wildman–Crippen LogP) is 6.98. The van der Waals surface area contributed by atoms with E-state index in [1.807, 2.05) is 9.80 Å². The van der Waals surface area contributed by atoms with Crippen molar-refractivity contribution in [2.75, 3.05) is 39.3 Å². The zero-order valence-electron chi connectivity index (χ0n) is 25.9. The number of carbonyl (C=O) groups is 2. The van der Waals surface area contributed by atoms with E-state index in [0.717, 1.165) is 70.9 Å². The van der Waals surface area contributed by atoms with Crippen molar-refractivity contribution in [2.45, 2.75) is 109 Å². The maximum Gasteiger partial charge on any atom is 0.410 e. The molecule has 8 heteroatoms. The summed E-state index contributed by atoms with van der Waals surface area (Å²) in [5.74, 6) is -0.0525. The summed E-state index contributed by atoms with van der Waals surface area (Å²) in [6, 6.07) is 3.95. The molecule has 0 aromatic heterocycles. The summed E-state index contributed by atoms with van der Waals surface area (Å²) in [5, 5.41) is 0. The Labute approximate surface area is 245 Å². The standard InChI is InChI=1S/C18H30N2O3.C15H21F2N/c1-17(2)13-23-16(22)20(17)12-18(15-6-4-3-5-7-15)8-10-19(14-21)11-9-18;1-15(2,3)18-8-4-5-11(10-18)13-7-6-12(16)9-14(13)17/h14-15H,3-13H2,1-2H3;6-7,9,11H,4-5,8,10H2,1-3H3/t;11-/m.0/s1. The zero-order valence-corrected chi connectivity index (χ0v) is 25.9. The molecule has 3 heterocycles. The molecular formula is C33H51F2N3O3. The second-order valence-electron chi connectivity index (χ2n) is 14.4. The Bertz CT molecular complexity index is 1040. The second kappa shape index (κ2) is 13.0. The number of cyclic esters (lactones) is 1. The van der Waals surface area contributed by atoms with Crippen LogP contribution >= 0.6 is 0 Å². The number of benzene rings is 1. The highest BCUT2D eigenvalue weighted by Gasteiger charge is 2.49. The summed E-state index contributed by atoms with van der Waals surface area (Å²) >= 11 is 0. The lowest BCUT2D eigenvalue weighted by Gasteiger charge is -2.50. The third kappa shape index (κ3) is 7.60. The number of likely N-dealkylation sites (tertiary alicyclic amines) is 2. The summed E-state index contributed by atoms with van der Waals surface area (Å²) in [6.07, 6.45) is 11.4. The van der Waals surface area contributed by atoms with Crippen LogP contribution in [0.25, 0.3) is 0 Å². The van der Waals surface area contributed by atoms with Gasteiger partial charge in [-0.15, -0.1) is 0 Å². The number of hydrogen-bond donors (Lipinski definition) is 0. The van der Waals surface area contributed by atoms with Crippen molar-refractivity contribution >= 4 is 12.5 Å². The number of piperidine rings is 2. The SMILES string of the molecule is CC(C)(C)N1CCC[C@H](c2ccc(F)cc2F)C1.CC1(C)COC(=O)N1CC1(C2CCCCC2)CCN(C=O)CC1. The highest BCUT2D eigenvalue weighted by molar-refractivity contribution is 5.71. The van der Waals surface area contributed by atoms with Crippen molar-refractivity contribution < 1.29 is 23.1 Å². The third-order valence-corrected chi connectivity index (χ3v) is 10.2. The number of nitrogens with zero attached hydrogens (tertiary/aromatic N) is 3. The number of amides is 2. The van der Waals surface area contributed by atoms with E-state index in [2.05, 4.69) is 39.5 Å². The van der Waals surface area contributed by atoms with Crippen molar-refractivity contribution in [2.24, 2.45) is 11.3 Å². The fourth-order valence-corrected chi connectivity index (χ4v) is 7.39. The molecule has 1 aliphatic carbocycles. The molecule has 3 saturated heterocycles. The molecule has 0 unspecified atom stereocenters. The Balaban J connectivity index is 0.000000195. The van der Waals surface area contributed by atoms with E-state index in [-0.39, 0.29) is 28.5 Å². The number of halogens is 2. The van der Waals surface area contributed by atoms with Crippen LogP contribution in [-0.4, -0.2) is 77.6 Å². The maximum absolute atomic E-state index is 13.8. The molecule has 41 heavy (non-hydrogen) atoms. The van der Waals surface area contributed by atoms with E-state index >= 15 is 0 Å². The lowest BCUT2D eigenvalue weighted by molar-refractivity contribution is -0.121. The number of hydrogen-bond acceptors (Lipinski definition) is 4. The average Bonchev–Trinajstić information content (AvgIpc) is 3.20. The molecule has 0 spiro atoms. The minimum Gasteiger partial charge on any atom is -0.447 e. The van der Waals surface area contributed by atoms with E-state index in [9.17, 15) is 18.4 Å². The minimum atomic E-state index is -0.500. The molecule has 6 nitrogen and oxygen atoms in total. The molecule has 1 aromatic rings. The van der Waals surface area contributed by atoms with Gasteiger partial charge in [0.2, 0.25) is 6.41 Å². The van der Waals surface area contributed by atoms with E-state index < -0.39 is 11.6 Å². The Kier molecular flexibility index (Phi) is 10.0. The Hall–Kier alpha value is -2.22. The van der Waals surface area contributed by atoms with Gasteiger partial charge in [0.15, 0.2) is 0 Å². The summed E-state index contributed by atoms with van der Waals surface area (Å²) in [5.41, 5.74) is 0.696. The van der Waals surface area contributed by atoms with Crippen LogP contribution in [0.2, 0.25) is 0 Å². The summed E-state index contributed by atoms with van der Waals surface area (Å²) in [7, 11) is 0. The van der Waals surface area contributed by atoms with Crippen LogP contribution in [0.15, 0.2) is 18.2 Å². The highest BCUT2D eigenvalue weighted by Crippen LogP contribution is 2.47. The van der Waals surface area contributed by atoms with Gasteiger partial charge in [-0.3, -0.25) is 14.6 Å². The summed E-state index contributed by atoms with van der Waals surface area (Å²) in [6.45, 7) is 15.5. The zero-order chi connectivity index (χ0) is 29.8. The lowest BCUT2D eigenvalue weighted by atomic mass is 9.63. The van der Waals surface area contributed by atoms with E-state index in [1.54, 1.807) is 6.07 Å². The van der Waals surface area contributed by atoms with Gasteiger partial charge >= 0.3 is 6.09 Å². The highest BCUT2D eigenvalue weighted by atomic mass is 19.1. The molecule has 0 N–H and O–H groups in total. The normalized spacial score (nSPS) is 25.3. The third-order valence-electron chi connectivity index (χ3n) is 10.2. The Morgan fingerprint density at radius 1 is 1.00 bits per heavy atom. The molecule has 1 saturated carbocycles. The molecule has 1 aromatic carbocycles. The van der Waals surface area contributed by atoms with E-state index in [4.69, 9.17) is 4.74 Å². The Morgan fingerprint density at radius 3 is 2.24 bits per heavy atom. The van der Waals surface area contributed by atoms with Crippen LogP contribution in [-0.2, 0) is 9.53 Å². The molecular weight excluding hydrogens is 524 g/mol. The molecule has 2 amide bonds. The second-order valence-corrected chi connectivity index (χ2v) is 14.4. The van der Waals surface area contributed by atoms with Gasteiger partial charge in [-0.05, 0) is 109 Å². The van der Waals surface area contributed by atoms with Crippen molar-refractivity contribution in [3.05, 3.63) is 35.4 Å². The molecule has 0 bridgehead atoms. The molecule has 3 aliphatic heterocycles. The fourth-order valence-electron chi connectivity index (χ4n) is 7.39. The molecule has 4 fully saturated rings. The predicted molar refractivity (Wildman–Crippen MR) is 158 cm³/mol. The van der Waals surface area contributed by atoms with Crippen LogP contribution in [0.4, 0.5) is 13.6 Å². The van der Waals surface area contributed by atoms with Gasteiger partial charge in [0.25, 0.3) is 0 Å². The van der Waals surface area contributed by atoms with Gasteiger partial charge in [-0.25, -0.2) is 13.6 Å². The van der Waals surface area contributed by atoms with Gasteiger partial charge < -0.3 is 9.64 Å². The monoisotopic (exact) mass is 575 g/mol. The number of rotatable bonds is 5. The van der Waals surface area contributed by atoms with Crippen molar-refractivity contribution in [3.63, 3.8) is 0 Å². The lowest BCUT2D eigenvalue weighted by Crippen LogP contribution is -2.54. The van der Waals surface area contributed by atoms with Gasteiger partial charge in [-0.1, -0.05) is 25.3 Å². The van der Waals surface area contributed by atoms with Gasteiger partial charge in [0, 0.05) is 37.8 Å². The van der Waals surface area contributed by atoms with Crippen LogP contribution in [0.5, 0.6) is 0 Å². The smallest absolute Gasteiger partial charge is 0.410 e. The topological polar surface area (TPSA) is 53.1 Å². The fraction of sp³-hybridized carbons (Fsp3) is 0.758. The molecule has 5 rings (SSSR count). The van der Waals surface area contributed by atoms with Crippen molar-refractivity contribution in [1.82, 2.24) is 14.7 Å². The first-order valence-corrected chi connectivity index (χ1v) is 15.7. The number of ether oxygens (including phenoxy) is 1. The van der Waals surface area contributed by atoms with Gasteiger partial charge in [-0.2, -0.15) is 0 Å². The van der Waals surface area contributed by atoms with Crippen LogP contribution in [0.1, 0.15) is 104 Å². The number of carbonyl (C=O) groups excluding carboxylic acids is 2. The first-order valence-electron chi connectivity index (χ1n) is 15.7. The minimum absolute atomic E-state index is 0.106. The average molecular weight is 576 g/mol. The summed E-state index contributed by atoms with van der Waals surface area (Å²) < 4.78 is 32.0. The van der Waals surface area contributed by atoms with Crippen molar-refractivity contribution in [3.8, 4) is 0 Å².